The maximum absolute atomic E-state index is 13.5. The van der Waals surface area contributed by atoms with E-state index in [2.05, 4.69) is 13.5 Å². The Morgan fingerprint density at radius 3 is 2.30 bits per heavy atom. The van der Waals surface area contributed by atoms with Gasteiger partial charge in [0.25, 0.3) is 0 Å². The molecule has 0 fully saturated rings. The van der Waals surface area contributed by atoms with Crippen LogP contribution in [0.5, 0.6) is 5.75 Å². The van der Waals surface area contributed by atoms with Gasteiger partial charge in [-0.05, 0) is 55.4 Å². The van der Waals surface area contributed by atoms with Crippen molar-refractivity contribution in [2.24, 2.45) is 5.92 Å². The van der Waals surface area contributed by atoms with Crippen LogP contribution in [0.1, 0.15) is 52.2 Å². The van der Waals surface area contributed by atoms with Gasteiger partial charge in [0.1, 0.15) is 0 Å². The smallest absolute Gasteiger partial charge is 0.165 e. The summed E-state index contributed by atoms with van der Waals surface area (Å²) in [7, 11) is 1.50. The summed E-state index contributed by atoms with van der Waals surface area (Å²) in [6.45, 7) is 14.1. The number of hydrogen-bond acceptors (Lipinski definition) is 1. The SMILES string of the molecule is C=C(C)[C@H]1CCc2cc(F)c(OC)cc2C1.CC.CC. The lowest BCUT2D eigenvalue weighted by atomic mass is 9.81. The van der Waals surface area contributed by atoms with Crippen LogP contribution < -0.4 is 4.74 Å². The van der Waals surface area contributed by atoms with Crippen molar-refractivity contribution in [2.75, 3.05) is 7.11 Å². The minimum absolute atomic E-state index is 0.255. The van der Waals surface area contributed by atoms with Gasteiger partial charge in [-0.3, -0.25) is 0 Å². The Morgan fingerprint density at radius 1 is 1.20 bits per heavy atom. The molecule has 0 radical (unpaired) electrons. The van der Waals surface area contributed by atoms with Crippen molar-refractivity contribution in [2.45, 2.75) is 53.9 Å². The Labute approximate surface area is 123 Å². The highest BCUT2D eigenvalue weighted by atomic mass is 19.1. The van der Waals surface area contributed by atoms with Crippen LogP contribution >= 0.6 is 0 Å². The minimum atomic E-state index is -0.255. The lowest BCUT2D eigenvalue weighted by Gasteiger charge is -2.25. The predicted octanol–water partition coefficient (Wildman–Crippen LogP) is 5.57. The molecular weight excluding hydrogens is 251 g/mol. The van der Waals surface area contributed by atoms with Gasteiger partial charge < -0.3 is 4.74 Å². The monoisotopic (exact) mass is 280 g/mol. The van der Waals surface area contributed by atoms with Gasteiger partial charge in [-0.15, -0.1) is 0 Å². The summed E-state index contributed by atoms with van der Waals surface area (Å²) in [4.78, 5) is 0. The molecule has 0 saturated carbocycles. The van der Waals surface area contributed by atoms with E-state index >= 15 is 0 Å². The summed E-state index contributed by atoms with van der Waals surface area (Å²) in [5.41, 5.74) is 3.54. The van der Waals surface area contributed by atoms with Crippen LogP contribution in [0.3, 0.4) is 0 Å². The first-order valence-electron chi connectivity index (χ1n) is 7.62. The molecule has 1 atom stereocenters. The molecule has 1 aromatic rings. The quantitative estimate of drug-likeness (QED) is 0.644. The molecule has 0 spiro atoms. The molecular formula is C18H29FO. The maximum Gasteiger partial charge on any atom is 0.165 e. The molecule has 2 heteroatoms. The summed E-state index contributed by atoms with van der Waals surface area (Å²) in [5.74, 6) is 0.624. The molecule has 0 aromatic heterocycles. The van der Waals surface area contributed by atoms with Crippen LogP contribution in [0.4, 0.5) is 4.39 Å². The highest BCUT2D eigenvalue weighted by Gasteiger charge is 2.21. The Hall–Kier alpha value is -1.31. The first-order chi connectivity index (χ1) is 9.61. The van der Waals surface area contributed by atoms with E-state index in [1.165, 1.54) is 18.2 Å². The van der Waals surface area contributed by atoms with Gasteiger partial charge in [0.15, 0.2) is 11.6 Å². The van der Waals surface area contributed by atoms with Crippen molar-refractivity contribution in [1.29, 1.82) is 0 Å². The second kappa shape index (κ2) is 9.57. The number of aryl methyl sites for hydroxylation is 1. The molecule has 2 rings (SSSR count). The Balaban J connectivity index is 0.000000829. The number of rotatable bonds is 2. The molecule has 1 nitrogen and oxygen atoms in total. The van der Waals surface area contributed by atoms with Crippen molar-refractivity contribution in [3.8, 4) is 5.75 Å². The van der Waals surface area contributed by atoms with Crippen LogP contribution in [0.25, 0.3) is 0 Å². The number of allylic oxidation sites excluding steroid dienone is 1. The Bertz CT molecular complexity index is 424. The number of halogens is 1. The summed E-state index contributed by atoms with van der Waals surface area (Å²) in [6.07, 6.45) is 2.98. The highest BCUT2D eigenvalue weighted by molar-refractivity contribution is 5.39. The average molecular weight is 280 g/mol. The van der Waals surface area contributed by atoms with Crippen LogP contribution in [0.15, 0.2) is 24.3 Å². The predicted molar refractivity (Wildman–Crippen MR) is 86.0 cm³/mol. The van der Waals surface area contributed by atoms with Crippen molar-refractivity contribution < 1.29 is 9.13 Å². The third-order valence-corrected chi connectivity index (χ3v) is 3.40. The van der Waals surface area contributed by atoms with Gasteiger partial charge in [-0.1, -0.05) is 39.8 Å². The second-order valence-electron chi connectivity index (χ2n) is 4.54. The van der Waals surface area contributed by atoms with E-state index < -0.39 is 0 Å². The molecule has 0 heterocycles. The maximum atomic E-state index is 13.5. The summed E-state index contributed by atoms with van der Waals surface area (Å²) in [5, 5.41) is 0. The summed E-state index contributed by atoms with van der Waals surface area (Å²) >= 11 is 0. The number of methoxy groups -OCH3 is 1. The van der Waals surface area contributed by atoms with Gasteiger partial charge in [0, 0.05) is 0 Å². The molecule has 20 heavy (non-hydrogen) atoms. The first-order valence-corrected chi connectivity index (χ1v) is 7.62. The molecule has 0 amide bonds. The van der Waals surface area contributed by atoms with Gasteiger partial charge in [0.2, 0.25) is 0 Å². The van der Waals surface area contributed by atoms with E-state index in [0.29, 0.717) is 11.7 Å². The lowest BCUT2D eigenvalue weighted by molar-refractivity contribution is 0.383. The van der Waals surface area contributed by atoms with E-state index in [4.69, 9.17) is 4.74 Å². The summed E-state index contributed by atoms with van der Waals surface area (Å²) in [6, 6.07) is 3.45. The normalized spacial score (nSPS) is 15.8. The highest BCUT2D eigenvalue weighted by Crippen LogP contribution is 2.32. The third kappa shape index (κ3) is 4.66. The fourth-order valence-corrected chi connectivity index (χ4v) is 2.33. The molecule has 1 aromatic carbocycles. The molecule has 0 N–H and O–H groups in total. The van der Waals surface area contributed by atoms with Gasteiger partial charge >= 0.3 is 0 Å². The average Bonchev–Trinajstić information content (AvgIpc) is 2.50. The zero-order valence-corrected chi connectivity index (χ0v) is 13.8. The van der Waals surface area contributed by atoms with Crippen LogP contribution in [-0.2, 0) is 12.8 Å². The van der Waals surface area contributed by atoms with Crippen LogP contribution in [0, 0.1) is 11.7 Å². The van der Waals surface area contributed by atoms with Gasteiger partial charge in [-0.25, -0.2) is 4.39 Å². The molecule has 0 saturated heterocycles. The molecule has 114 valence electrons. The van der Waals surface area contributed by atoms with E-state index in [-0.39, 0.29) is 5.82 Å². The number of benzene rings is 1. The van der Waals surface area contributed by atoms with Gasteiger partial charge in [0.05, 0.1) is 7.11 Å². The first kappa shape index (κ1) is 18.7. The molecule has 0 bridgehead atoms. The van der Waals surface area contributed by atoms with E-state index in [1.807, 2.05) is 33.8 Å². The topological polar surface area (TPSA) is 9.23 Å². The standard InChI is InChI=1S/C14H17FO.2C2H6/c1-9(2)10-4-5-11-7-13(15)14(16-3)8-12(11)6-10;2*1-2/h7-8,10H,1,4-6H2,2-3H3;2*1-2H3/t10-;;/m0../s1. The second-order valence-corrected chi connectivity index (χ2v) is 4.54. The Morgan fingerprint density at radius 2 is 1.80 bits per heavy atom. The van der Waals surface area contributed by atoms with Gasteiger partial charge in [-0.2, -0.15) is 0 Å². The molecule has 1 aliphatic carbocycles. The summed E-state index contributed by atoms with van der Waals surface area (Å²) < 4.78 is 18.5. The Kier molecular flexibility index (Phi) is 8.94. The van der Waals surface area contributed by atoms with Crippen molar-refractivity contribution >= 4 is 0 Å². The fraction of sp³-hybridized carbons (Fsp3) is 0.556. The van der Waals surface area contributed by atoms with Crippen molar-refractivity contribution in [1.82, 2.24) is 0 Å². The molecule has 0 aliphatic heterocycles. The number of hydrogen-bond donors (Lipinski definition) is 0. The minimum Gasteiger partial charge on any atom is -0.494 e. The third-order valence-electron chi connectivity index (χ3n) is 3.40. The van der Waals surface area contributed by atoms with Crippen LogP contribution in [-0.4, -0.2) is 7.11 Å². The van der Waals surface area contributed by atoms with Crippen LogP contribution in [0.2, 0.25) is 0 Å². The van der Waals surface area contributed by atoms with Crippen molar-refractivity contribution in [3.05, 3.63) is 41.2 Å². The zero-order chi connectivity index (χ0) is 15.7. The largest absolute Gasteiger partial charge is 0.494 e. The van der Waals surface area contributed by atoms with E-state index in [1.54, 1.807) is 6.07 Å². The van der Waals surface area contributed by atoms with Crippen molar-refractivity contribution in [3.63, 3.8) is 0 Å². The number of ether oxygens (including phenoxy) is 1. The van der Waals surface area contributed by atoms with E-state index in [0.717, 1.165) is 24.8 Å². The molecule has 0 unspecified atom stereocenters. The molecule has 1 aliphatic rings. The number of fused-ring (bicyclic) bond motifs is 1. The lowest BCUT2D eigenvalue weighted by Crippen LogP contribution is -2.15. The fourth-order valence-electron chi connectivity index (χ4n) is 2.33. The van der Waals surface area contributed by atoms with E-state index in [9.17, 15) is 4.39 Å². The zero-order valence-electron chi connectivity index (χ0n) is 13.8.